The van der Waals surface area contributed by atoms with Crippen LogP contribution in [0.4, 0.5) is 0 Å². The number of rotatable bonds is 4. The standard InChI is InChI=1S/C12H16O4S/c1-4-16-12(13)8-17(14,15)11-6-5-9(2)10(3)7-11/h5-7H,4,8H2,1-3H3. The Bertz CT molecular complexity index is 517. The number of hydrogen-bond donors (Lipinski definition) is 0. The van der Waals surface area contributed by atoms with E-state index in [9.17, 15) is 13.2 Å². The molecule has 0 radical (unpaired) electrons. The van der Waals surface area contributed by atoms with Gasteiger partial charge in [-0.15, -0.1) is 0 Å². The number of hydrogen-bond acceptors (Lipinski definition) is 4. The minimum absolute atomic E-state index is 0.161. The fourth-order valence-corrected chi connectivity index (χ4v) is 2.54. The third-order valence-corrected chi connectivity index (χ3v) is 4.04. The largest absolute Gasteiger partial charge is 0.465 e. The fraction of sp³-hybridized carbons (Fsp3) is 0.417. The van der Waals surface area contributed by atoms with Gasteiger partial charge in [-0.3, -0.25) is 4.79 Å². The number of sulfone groups is 1. The van der Waals surface area contributed by atoms with Crippen molar-refractivity contribution >= 4 is 15.8 Å². The molecule has 1 aromatic rings. The zero-order valence-electron chi connectivity index (χ0n) is 10.2. The second-order valence-corrected chi connectivity index (χ2v) is 5.80. The molecular weight excluding hydrogens is 240 g/mol. The first-order chi connectivity index (χ1) is 7.86. The van der Waals surface area contributed by atoms with Gasteiger partial charge in [-0.2, -0.15) is 0 Å². The Balaban J connectivity index is 2.97. The number of esters is 1. The van der Waals surface area contributed by atoms with Crippen molar-refractivity contribution < 1.29 is 17.9 Å². The smallest absolute Gasteiger partial charge is 0.321 e. The minimum atomic E-state index is -3.60. The monoisotopic (exact) mass is 256 g/mol. The van der Waals surface area contributed by atoms with E-state index in [2.05, 4.69) is 4.74 Å². The van der Waals surface area contributed by atoms with Crippen LogP contribution in [0.3, 0.4) is 0 Å². The summed E-state index contributed by atoms with van der Waals surface area (Å²) in [5.41, 5.74) is 1.90. The van der Waals surface area contributed by atoms with E-state index in [0.717, 1.165) is 11.1 Å². The highest BCUT2D eigenvalue weighted by atomic mass is 32.2. The molecule has 0 heterocycles. The molecule has 0 saturated carbocycles. The summed E-state index contributed by atoms with van der Waals surface area (Å²) in [6.45, 7) is 5.55. The van der Waals surface area contributed by atoms with E-state index in [0.29, 0.717) is 0 Å². The van der Waals surface area contributed by atoms with Crippen LogP contribution in [0.1, 0.15) is 18.1 Å². The summed E-state index contributed by atoms with van der Waals surface area (Å²) in [7, 11) is -3.60. The molecule has 1 rings (SSSR count). The lowest BCUT2D eigenvalue weighted by Crippen LogP contribution is -2.18. The minimum Gasteiger partial charge on any atom is -0.465 e. The molecule has 0 aliphatic heterocycles. The van der Waals surface area contributed by atoms with Gasteiger partial charge in [0, 0.05) is 0 Å². The van der Waals surface area contributed by atoms with Crippen molar-refractivity contribution in [1.82, 2.24) is 0 Å². The highest BCUT2D eigenvalue weighted by molar-refractivity contribution is 7.92. The highest BCUT2D eigenvalue weighted by Gasteiger charge is 2.20. The Morgan fingerprint density at radius 1 is 1.24 bits per heavy atom. The van der Waals surface area contributed by atoms with E-state index >= 15 is 0 Å². The van der Waals surface area contributed by atoms with Crippen LogP contribution < -0.4 is 0 Å². The molecule has 17 heavy (non-hydrogen) atoms. The number of benzene rings is 1. The molecule has 1 aromatic carbocycles. The van der Waals surface area contributed by atoms with Crippen molar-refractivity contribution in [3.05, 3.63) is 29.3 Å². The van der Waals surface area contributed by atoms with Crippen LogP contribution in [0.15, 0.2) is 23.1 Å². The SMILES string of the molecule is CCOC(=O)CS(=O)(=O)c1ccc(C)c(C)c1. The maximum Gasteiger partial charge on any atom is 0.321 e. The van der Waals surface area contributed by atoms with Crippen molar-refractivity contribution in [2.24, 2.45) is 0 Å². The molecular formula is C12H16O4S. The fourth-order valence-electron chi connectivity index (χ4n) is 1.35. The van der Waals surface area contributed by atoms with E-state index in [4.69, 9.17) is 0 Å². The zero-order chi connectivity index (χ0) is 13.1. The lowest BCUT2D eigenvalue weighted by Gasteiger charge is -2.06. The van der Waals surface area contributed by atoms with Crippen molar-refractivity contribution in [3.8, 4) is 0 Å². The summed E-state index contributed by atoms with van der Waals surface area (Å²) in [5.74, 6) is -1.32. The first kappa shape index (κ1) is 13.7. The quantitative estimate of drug-likeness (QED) is 0.768. The van der Waals surface area contributed by atoms with Gasteiger partial charge < -0.3 is 4.74 Å². The van der Waals surface area contributed by atoms with Gasteiger partial charge in [0.15, 0.2) is 15.6 Å². The third kappa shape index (κ3) is 3.56. The van der Waals surface area contributed by atoms with Crippen LogP contribution in [0, 0.1) is 13.8 Å². The second-order valence-electron chi connectivity index (χ2n) is 3.81. The molecule has 0 spiro atoms. The molecule has 94 valence electrons. The van der Waals surface area contributed by atoms with Crippen LogP contribution in [-0.2, 0) is 19.4 Å². The Labute approximate surface area is 102 Å². The maximum absolute atomic E-state index is 11.9. The Morgan fingerprint density at radius 2 is 1.88 bits per heavy atom. The Morgan fingerprint density at radius 3 is 2.41 bits per heavy atom. The van der Waals surface area contributed by atoms with Crippen molar-refractivity contribution in [3.63, 3.8) is 0 Å². The van der Waals surface area contributed by atoms with E-state index in [-0.39, 0.29) is 11.5 Å². The van der Waals surface area contributed by atoms with Gasteiger partial charge in [-0.25, -0.2) is 8.42 Å². The van der Waals surface area contributed by atoms with Crippen molar-refractivity contribution in [1.29, 1.82) is 0 Å². The second kappa shape index (κ2) is 5.31. The molecule has 4 nitrogen and oxygen atoms in total. The summed E-state index contributed by atoms with van der Waals surface area (Å²) in [6, 6.07) is 4.81. The molecule has 0 atom stereocenters. The average molecular weight is 256 g/mol. The van der Waals surface area contributed by atoms with Gasteiger partial charge in [-0.05, 0) is 44.0 Å². The molecule has 0 N–H and O–H groups in total. The lowest BCUT2D eigenvalue weighted by atomic mass is 10.1. The predicted molar refractivity (Wildman–Crippen MR) is 64.6 cm³/mol. The zero-order valence-corrected chi connectivity index (χ0v) is 11.0. The van der Waals surface area contributed by atoms with E-state index in [1.807, 2.05) is 13.8 Å². The van der Waals surface area contributed by atoms with Crippen LogP contribution in [0.2, 0.25) is 0 Å². The normalized spacial score (nSPS) is 11.2. The molecule has 0 aromatic heterocycles. The average Bonchev–Trinajstić information content (AvgIpc) is 2.21. The maximum atomic E-state index is 11.9. The van der Waals surface area contributed by atoms with Gasteiger partial charge in [0.2, 0.25) is 0 Å². The molecule has 0 fully saturated rings. The first-order valence-electron chi connectivity index (χ1n) is 5.32. The number of ether oxygens (including phenoxy) is 1. The summed E-state index contributed by atoms with van der Waals surface area (Å²) in [4.78, 5) is 11.3. The Hall–Kier alpha value is -1.36. The number of carbonyl (C=O) groups is 1. The first-order valence-corrected chi connectivity index (χ1v) is 6.97. The summed E-state index contributed by atoms with van der Waals surface area (Å²) in [5, 5.41) is 0. The van der Waals surface area contributed by atoms with Crippen molar-refractivity contribution in [2.75, 3.05) is 12.4 Å². The summed E-state index contributed by atoms with van der Waals surface area (Å²) < 4.78 is 28.4. The van der Waals surface area contributed by atoms with Gasteiger partial charge in [0.05, 0.1) is 11.5 Å². The molecule has 5 heteroatoms. The van der Waals surface area contributed by atoms with E-state index in [1.165, 1.54) is 6.07 Å². The van der Waals surface area contributed by atoms with Gasteiger partial charge in [0.1, 0.15) is 0 Å². The number of aryl methyl sites for hydroxylation is 2. The van der Waals surface area contributed by atoms with Crippen LogP contribution >= 0.6 is 0 Å². The summed E-state index contributed by atoms with van der Waals surface area (Å²) in [6.07, 6.45) is 0. The topological polar surface area (TPSA) is 60.4 Å². The van der Waals surface area contributed by atoms with E-state index < -0.39 is 21.6 Å². The highest BCUT2D eigenvalue weighted by Crippen LogP contribution is 2.16. The van der Waals surface area contributed by atoms with Gasteiger partial charge in [-0.1, -0.05) is 6.07 Å². The van der Waals surface area contributed by atoms with Crippen molar-refractivity contribution in [2.45, 2.75) is 25.7 Å². The van der Waals surface area contributed by atoms with Gasteiger partial charge in [0.25, 0.3) is 0 Å². The van der Waals surface area contributed by atoms with E-state index in [1.54, 1.807) is 19.1 Å². The van der Waals surface area contributed by atoms with Gasteiger partial charge >= 0.3 is 5.97 Å². The predicted octanol–water partition coefficient (Wildman–Crippen LogP) is 1.64. The lowest BCUT2D eigenvalue weighted by molar-refractivity contribution is -0.139. The van der Waals surface area contributed by atoms with Crippen LogP contribution in [0.25, 0.3) is 0 Å². The molecule has 0 aliphatic rings. The third-order valence-electron chi connectivity index (χ3n) is 2.45. The molecule has 0 aliphatic carbocycles. The van der Waals surface area contributed by atoms with Crippen LogP contribution in [-0.4, -0.2) is 26.7 Å². The molecule has 0 saturated heterocycles. The molecule has 0 amide bonds. The molecule has 0 unspecified atom stereocenters. The number of carbonyl (C=O) groups excluding carboxylic acids is 1. The van der Waals surface area contributed by atoms with Crippen LogP contribution in [0.5, 0.6) is 0 Å². The Kier molecular flexibility index (Phi) is 4.28. The summed E-state index contributed by atoms with van der Waals surface area (Å²) >= 11 is 0. The molecule has 0 bridgehead atoms.